The number of piperidine rings is 1. The molecule has 1 saturated carbocycles. The van der Waals surface area contributed by atoms with Gasteiger partial charge in [-0.25, -0.2) is 0 Å². The lowest BCUT2D eigenvalue weighted by Crippen LogP contribution is -2.45. The number of hydrogen-bond acceptors (Lipinski definition) is 4. The number of carbonyl (C=O) groups excluding carboxylic acids is 1. The molecule has 1 aliphatic carbocycles. The molecule has 118 valence electrons. The molecule has 1 saturated heterocycles. The minimum atomic E-state index is 0.484. The van der Waals surface area contributed by atoms with Gasteiger partial charge in [0.05, 0.1) is 17.9 Å². The van der Waals surface area contributed by atoms with Crippen molar-refractivity contribution < 1.29 is 4.79 Å². The van der Waals surface area contributed by atoms with Crippen molar-refractivity contribution in [2.24, 2.45) is 0 Å². The fourth-order valence-electron chi connectivity index (χ4n) is 4.42. The SMILES string of the molecule is CN(c1cccc2c1N(CC=O)C1CCNCC21)C1CCC1. The van der Waals surface area contributed by atoms with Crippen molar-refractivity contribution in [1.82, 2.24) is 5.32 Å². The van der Waals surface area contributed by atoms with Crippen molar-refractivity contribution in [3.8, 4) is 0 Å². The van der Waals surface area contributed by atoms with Gasteiger partial charge in [-0.1, -0.05) is 12.1 Å². The molecule has 2 heterocycles. The summed E-state index contributed by atoms with van der Waals surface area (Å²) in [5, 5.41) is 3.52. The first-order chi connectivity index (χ1) is 10.8. The fourth-order valence-corrected chi connectivity index (χ4v) is 4.42. The number of rotatable bonds is 4. The van der Waals surface area contributed by atoms with Gasteiger partial charge < -0.3 is 19.9 Å². The van der Waals surface area contributed by atoms with Crippen LogP contribution in [0.4, 0.5) is 11.4 Å². The molecule has 0 bridgehead atoms. The third kappa shape index (κ3) is 2.04. The molecule has 1 aromatic rings. The summed E-state index contributed by atoms with van der Waals surface area (Å²) in [6.45, 7) is 2.60. The van der Waals surface area contributed by atoms with Crippen LogP contribution in [0.25, 0.3) is 0 Å². The normalized spacial score (nSPS) is 27.0. The standard InChI is InChI=1S/C18H25N3O/c1-20(13-4-2-5-13)17-7-3-6-14-15-12-19-9-8-16(15)21(10-11-22)18(14)17/h3,6-7,11,13,15-16,19H,2,4-5,8-10,12H2,1H3. The molecule has 0 amide bonds. The Morgan fingerprint density at radius 2 is 2.23 bits per heavy atom. The second kappa shape index (κ2) is 5.58. The van der Waals surface area contributed by atoms with E-state index in [0.29, 0.717) is 24.5 Å². The lowest BCUT2D eigenvalue weighted by Gasteiger charge is -2.39. The molecule has 22 heavy (non-hydrogen) atoms. The van der Waals surface area contributed by atoms with Crippen molar-refractivity contribution in [2.45, 2.75) is 43.7 Å². The summed E-state index contributed by atoms with van der Waals surface area (Å²) in [6.07, 6.45) is 6.12. The van der Waals surface area contributed by atoms with Crippen molar-refractivity contribution in [1.29, 1.82) is 0 Å². The van der Waals surface area contributed by atoms with E-state index in [1.165, 1.54) is 36.2 Å². The smallest absolute Gasteiger partial charge is 0.139 e. The predicted molar refractivity (Wildman–Crippen MR) is 89.9 cm³/mol. The summed E-state index contributed by atoms with van der Waals surface area (Å²) in [6, 6.07) is 7.85. The van der Waals surface area contributed by atoms with Gasteiger partial charge in [0.25, 0.3) is 0 Å². The first-order valence-electron chi connectivity index (χ1n) is 8.58. The Hall–Kier alpha value is -1.55. The molecular weight excluding hydrogens is 274 g/mol. The molecule has 2 fully saturated rings. The van der Waals surface area contributed by atoms with E-state index < -0.39 is 0 Å². The van der Waals surface area contributed by atoms with Crippen molar-refractivity contribution in [3.63, 3.8) is 0 Å². The monoisotopic (exact) mass is 299 g/mol. The number of para-hydroxylation sites is 1. The molecule has 1 N–H and O–H groups in total. The Balaban J connectivity index is 1.76. The average molecular weight is 299 g/mol. The van der Waals surface area contributed by atoms with E-state index in [0.717, 1.165) is 25.8 Å². The van der Waals surface area contributed by atoms with E-state index in [2.05, 4.69) is 40.4 Å². The average Bonchev–Trinajstić information content (AvgIpc) is 2.81. The highest BCUT2D eigenvalue weighted by Gasteiger charge is 2.41. The summed E-state index contributed by atoms with van der Waals surface area (Å²) >= 11 is 0. The number of nitrogens with zero attached hydrogens (tertiary/aromatic N) is 2. The van der Waals surface area contributed by atoms with E-state index in [-0.39, 0.29) is 0 Å². The number of anilines is 2. The van der Waals surface area contributed by atoms with Gasteiger partial charge in [0.15, 0.2) is 0 Å². The Bertz CT molecular complexity index is 569. The number of benzene rings is 1. The Kier molecular flexibility index (Phi) is 3.57. The van der Waals surface area contributed by atoms with Crippen LogP contribution in [0.2, 0.25) is 0 Å². The zero-order valence-corrected chi connectivity index (χ0v) is 13.3. The van der Waals surface area contributed by atoms with Gasteiger partial charge in [-0.2, -0.15) is 0 Å². The fraction of sp³-hybridized carbons (Fsp3) is 0.611. The van der Waals surface area contributed by atoms with Crippen LogP contribution >= 0.6 is 0 Å². The molecule has 0 aromatic heterocycles. The molecule has 2 atom stereocenters. The lowest BCUT2D eigenvalue weighted by atomic mass is 9.89. The lowest BCUT2D eigenvalue weighted by molar-refractivity contribution is -0.106. The van der Waals surface area contributed by atoms with Crippen LogP contribution in [0.1, 0.15) is 37.2 Å². The zero-order chi connectivity index (χ0) is 15.1. The number of aldehydes is 1. The highest BCUT2D eigenvalue weighted by atomic mass is 16.1. The van der Waals surface area contributed by atoms with Crippen LogP contribution in [0, 0.1) is 0 Å². The first-order valence-corrected chi connectivity index (χ1v) is 8.58. The van der Waals surface area contributed by atoms with Crippen LogP contribution in [0.15, 0.2) is 18.2 Å². The van der Waals surface area contributed by atoms with Gasteiger partial charge in [-0.3, -0.25) is 0 Å². The summed E-state index contributed by atoms with van der Waals surface area (Å²) in [5.74, 6) is 0.526. The molecule has 4 nitrogen and oxygen atoms in total. The maximum atomic E-state index is 11.3. The van der Waals surface area contributed by atoms with E-state index >= 15 is 0 Å². The van der Waals surface area contributed by atoms with Crippen LogP contribution in [-0.4, -0.2) is 45.1 Å². The largest absolute Gasteiger partial charge is 0.370 e. The molecule has 1 aromatic carbocycles. The molecular formula is C18H25N3O. The van der Waals surface area contributed by atoms with Gasteiger partial charge >= 0.3 is 0 Å². The summed E-state index contributed by atoms with van der Waals surface area (Å²) in [7, 11) is 2.22. The highest BCUT2D eigenvalue weighted by Crippen LogP contribution is 2.48. The van der Waals surface area contributed by atoms with Crippen molar-refractivity contribution >= 4 is 17.7 Å². The zero-order valence-electron chi connectivity index (χ0n) is 13.3. The van der Waals surface area contributed by atoms with E-state index in [1.54, 1.807) is 0 Å². The predicted octanol–water partition coefficient (Wildman–Crippen LogP) is 2.14. The van der Waals surface area contributed by atoms with Crippen LogP contribution in [-0.2, 0) is 4.79 Å². The van der Waals surface area contributed by atoms with E-state index in [9.17, 15) is 4.79 Å². The molecule has 2 unspecified atom stereocenters. The maximum absolute atomic E-state index is 11.3. The van der Waals surface area contributed by atoms with Crippen LogP contribution in [0.5, 0.6) is 0 Å². The number of hydrogen-bond donors (Lipinski definition) is 1. The number of fused-ring (bicyclic) bond motifs is 3. The third-order valence-electron chi connectivity index (χ3n) is 5.85. The summed E-state index contributed by atoms with van der Waals surface area (Å²) < 4.78 is 0. The molecule has 4 heteroatoms. The minimum Gasteiger partial charge on any atom is -0.370 e. The van der Waals surface area contributed by atoms with Crippen LogP contribution < -0.4 is 15.1 Å². The minimum absolute atomic E-state index is 0.484. The van der Waals surface area contributed by atoms with Crippen molar-refractivity contribution in [2.75, 3.05) is 36.5 Å². The molecule has 4 rings (SSSR count). The molecule has 0 spiro atoms. The second-order valence-electron chi connectivity index (χ2n) is 6.90. The molecule has 3 aliphatic rings. The number of carbonyl (C=O) groups is 1. The van der Waals surface area contributed by atoms with Gasteiger partial charge in [0.1, 0.15) is 6.29 Å². The molecule has 0 radical (unpaired) electrons. The quantitative estimate of drug-likeness (QED) is 0.864. The van der Waals surface area contributed by atoms with Gasteiger partial charge in [-0.05, 0) is 43.9 Å². The van der Waals surface area contributed by atoms with Gasteiger partial charge in [0, 0.05) is 31.6 Å². The summed E-state index contributed by atoms with van der Waals surface area (Å²) in [5.41, 5.74) is 4.07. The summed E-state index contributed by atoms with van der Waals surface area (Å²) in [4.78, 5) is 16.1. The topological polar surface area (TPSA) is 35.6 Å². The first kappa shape index (κ1) is 14.1. The van der Waals surface area contributed by atoms with E-state index in [1.807, 2.05) is 0 Å². The van der Waals surface area contributed by atoms with Gasteiger partial charge in [0.2, 0.25) is 0 Å². The Morgan fingerprint density at radius 1 is 1.36 bits per heavy atom. The Morgan fingerprint density at radius 3 is 2.95 bits per heavy atom. The molecule has 2 aliphatic heterocycles. The van der Waals surface area contributed by atoms with Crippen LogP contribution in [0.3, 0.4) is 0 Å². The van der Waals surface area contributed by atoms with Crippen molar-refractivity contribution in [3.05, 3.63) is 23.8 Å². The Labute approximate surface area is 132 Å². The maximum Gasteiger partial charge on any atom is 0.139 e. The van der Waals surface area contributed by atoms with E-state index in [4.69, 9.17) is 0 Å². The van der Waals surface area contributed by atoms with Gasteiger partial charge in [-0.15, -0.1) is 0 Å². The third-order valence-corrected chi connectivity index (χ3v) is 5.85. The second-order valence-corrected chi connectivity index (χ2v) is 6.90. The highest BCUT2D eigenvalue weighted by molar-refractivity contribution is 5.81. The number of nitrogens with one attached hydrogen (secondary N) is 1.